The zero-order chi connectivity index (χ0) is 43.6. The highest BCUT2D eigenvalue weighted by Crippen LogP contribution is 2.48. The smallest absolute Gasteiger partial charge is 0.0353 e. The van der Waals surface area contributed by atoms with Crippen LogP contribution in [0.15, 0.2) is 237 Å². The van der Waals surface area contributed by atoms with Gasteiger partial charge in [0.15, 0.2) is 0 Å². The van der Waals surface area contributed by atoms with Gasteiger partial charge in [-0.25, -0.2) is 0 Å². The molecule has 13 aromatic rings. The molecule has 0 fully saturated rings. The maximum Gasteiger partial charge on any atom is 0.0353 e. The van der Waals surface area contributed by atoms with Crippen LogP contribution in [0.2, 0.25) is 0 Å². The molecular formula is C63H39N3. The molecule has 3 heterocycles. The van der Waals surface area contributed by atoms with Crippen LogP contribution in [-0.4, -0.2) is 15.0 Å². The van der Waals surface area contributed by atoms with Crippen molar-refractivity contribution in [3.05, 3.63) is 237 Å². The van der Waals surface area contributed by atoms with Gasteiger partial charge in [-0.1, -0.05) is 182 Å². The van der Waals surface area contributed by atoms with E-state index in [0.717, 1.165) is 38.4 Å². The molecule has 0 bridgehead atoms. The zero-order valence-corrected chi connectivity index (χ0v) is 35.9. The maximum atomic E-state index is 4.74. The molecule has 0 amide bonds. The highest BCUT2D eigenvalue weighted by atomic mass is 14.6. The molecule has 0 atom stereocenters. The first-order valence-electron chi connectivity index (χ1n) is 22.5. The van der Waals surface area contributed by atoms with E-state index in [4.69, 9.17) is 4.98 Å². The molecule has 0 aliphatic rings. The van der Waals surface area contributed by atoms with Crippen molar-refractivity contribution in [3.8, 4) is 66.8 Å². The van der Waals surface area contributed by atoms with E-state index in [2.05, 4.69) is 210 Å². The molecule has 10 aromatic carbocycles. The molecule has 3 aromatic heterocycles. The molecule has 0 N–H and O–H groups in total. The Kier molecular flexibility index (Phi) is 8.85. The first kappa shape index (κ1) is 37.7. The third-order valence-corrected chi connectivity index (χ3v) is 13.5. The van der Waals surface area contributed by atoms with Crippen LogP contribution in [0.4, 0.5) is 0 Å². The summed E-state index contributed by atoms with van der Waals surface area (Å²) < 4.78 is 0. The monoisotopic (exact) mass is 837 g/mol. The second-order valence-corrected chi connectivity index (χ2v) is 17.0. The van der Waals surface area contributed by atoms with Crippen LogP contribution >= 0.6 is 0 Å². The fraction of sp³-hybridized carbons (Fsp3) is 0. The fourth-order valence-corrected chi connectivity index (χ4v) is 10.7. The molecule has 0 saturated carbocycles. The van der Waals surface area contributed by atoms with Crippen LogP contribution in [0.25, 0.3) is 131 Å². The van der Waals surface area contributed by atoms with Gasteiger partial charge in [0.2, 0.25) is 0 Å². The van der Waals surface area contributed by atoms with E-state index in [-0.39, 0.29) is 0 Å². The molecule has 0 aliphatic carbocycles. The number of fused-ring (bicyclic) bond motifs is 6. The van der Waals surface area contributed by atoms with E-state index in [1.807, 2.05) is 37.2 Å². The van der Waals surface area contributed by atoms with Gasteiger partial charge >= 0.3 is 0 Å². The highest BCUT2D eigenvalue weighted by Gasteiger charge is 2.21. The minimum atomic E-state index is 1.12. The van der Waals surface area contributed by atoms with Crippen molar-refractivity contribution in [3.63, 3.8) is 0 Å². The molecule has 3 nitrogen and oxygen atoms in total. The molecular weight excluding hydrogens is 799 g/mol. The Morgan fingerprint density at radius 2 is 0.364 bits per heavy atom. The van der Waals surface area contributed by atoms with Crippen LogP contribution in [-0.2, 0) is 0 Å². The summed E-state index contributed by atoms with van der Waals surface area (Å²) in [6, 6.07) is 72.6. The summed E-state index contributed by atoms with van der Waals surface area (Å²) in [5, 5.41) is 14.2. The molecule has 0 aliphatic heterocycles. The van der Waals surface area contributed by atoms with Crippen molar-refractivity contribution >= 4 is 64.6 Å². The number of hydrogen-bond acceptors (Lipinski definition) is 3. The van der Waals surface area contributed by atoms with Crippen molar-refractivity contribution in [1.29, 1.82) is 0 Å². The number of hydrogen-bond donors (Lipinski definition) is 0. The summed E-state index contributed by atoms with van der Waals surface area (Å²) in [6.07, 6.45) is 11.8. The summed E-state index contributed by atoms with van der Waals surface area (Å²) in [5.41, 5.74) is 14.3. The van der Waals surface area contributed by atoms with Gasteiger partial charge in [-0.05, 0) is 133 Å². The Balaban J connectivity index is 0.955. The molecule has 0 radical (unpaired) electrons. The van der Waals surface area contributed by atoms with Crippen LogP contribution in [0, 0.1) is 0 Å². The Morgan fingerprint density at radius 3 is 0.621 bits per heavy atom. The molecule has 0 unspecified atom stereocenters. The fourth-order valence-electron chi connectivity index (χ4n) is 10.7. The molecule has 3 heteroatoms. The van der Waals surface area contributed by atoms with Crippen molar-refractivity contribution in [2.75, 3.05) is 0 Å². The lowest BCUT2D eigenvalue weighted by molar-refractivity contribution is 1.36. The maximum absolute atomic E-state index is 4.74. The van der Waals surface area contributed by atoms with Crippen molar-refractivity contribution < 1.29 is 0 Å². The molecule has 306 valence electrons. The van der Waals surface area contributed by atoms with Gasteiger partial charge in [0.1, 0.15) is 0 Å². The number of nitrogens with zero attached hydrogens (tertiary/aromatic N) is 3. The Hall–Kier alpha value is -8.79. The van der Waals surface area contributed by atoms with Gasteiger partial charge in [0, 0.05) is 53.3 Å². The van der Waals surface area contributed by atoms with E-state index in [9.17, 15) is 0 Å². The largest absolute Gasteiger partial charge is 0.264 e. The SMILES string of the molecule is c1ccc(-c2c3ccccc3c(-c3ccc(-c4c5ccccc5c(-c5ccc(-c6c7ccccc7c(-c7ccccc7)c7ccncc67)cc5)c5cnccc45)cc3)c3cnccc23)cc1. The van der Waals surface area contributed by atoms with Crippen molar-refractivity contribution in [2.45, 2.75) is 0 Å². The molecule has 66 heavy (non-hydrogen) atoms. The quantitative estimate of drug-likeness (QED) is 0.157. The van der Waals surface area contributed by atoms with Crippen molar-refractivity contribution in [1.82, 2.24) is 15.0 Å². The minimum absolute atomic E-state index is 1.12. The summed E-state index contributed by atoms with van der Waals surface area (Å²) in [5.74, 6) is 0. The topological polar surface area (TPSA) is 38.7 Å². The Bertz CT molecular complexity index is 3580. The first-order chi connectivity index (χ1) is 32.8. The Morgan fingerprint density at radius 1 is 0.167 bits per heavy atom. The van der Waals surface area contributed by atoms with Gasteiger partial charge in [0.05, 0.1) is 0 Å². The second kappa shape index (κ2) is 15.5. The van der Waals surface area contributed by atoms with E-state index < -0.39 is 0 Å². The van der Waals surface area contributed by atoms with Crippen LogP contribution in [0.5, 0.6) is 0 Å². The van der Waals surface area contributed by atoms with E-state index in [1.165, 1.54) is 93.0 Å². The highest BCUT2D eigenvalue weighted by molar-refractivity contribution is 6.24. The number of rotatable bonds is 6. The second-order valence-electron chi connectivity index (χ2n) is 17.0. The third-order valence-electron chi connectivity index (χ3n) is 13.5. The van der Waals surface area contributed by atoms with Gasteiger partial charge in [-0.2, -0.15) is 0 Å². The van der Waals surface area contributed by atoms with E-state index in [1.54, 1.807) is 0 Å². The molecule has 0 spiro atoms. The lowest BCUT2D eigenvalue weighted by Gasteiger charge is -2.19. The molecule has 0 saturated heterocycles. The number of benzene rings is 10. The van der Waals surface area contributed by atoms with Crippen LogP contribution in [0.3, 0.4) is 0 Å². The normalized spacial score (nSPS) is 11.6. The van der Waals surface area contributed by atoms with Gasteiger partial charge in [-0.15, -0.1) is 0 Å². The van der Waals surface area contributed by atoms with Gasteiger partial charge in [-0.3, -0.25) is 15.0 Å². The van der Waals surface area contributed by atoms with E-state index >= 15 is 0 Å². The average Bonchev–Trinajstić information content (AvgIpc) is 3.39. The van der Waals surface area contributed by atoms with Crippen molar-refractivity contribution in [2.24, 2.45) is 0 Å². The lowest BCUT2D eigenvalue weighted by Crippen LogP contribution is -1.93. The van der Waals surface area contributed by atoms with Crippen LogP contribution < -0.4 is 0 Å². The standard InChI is InChI=1S/C63H39N3/c1-3-13-40(14-4-1)58-46-17-7-10-20-49(46)61(55-37-64-34-31-52(55)58)43-25-23-42(24-26-43)60-48-19-9-12-22-51(48)63(57-39-66-36-33-54(57)60)45-29-27-44(28-30-45)62-50-21-11-8-18-47(50)59(41-15-5-2-6-16-41)53-32-35-65-38-56(53)62/h1-39H. The average molecular weight is 838 g/mol. The first-order valence-corrected chi connectivity index (χ1v) is 22.5. The summed E-state index contributed by atoms with van der Waals surface area (Å²) in [6.45, 7) is 0. The summed E-state index contributed by atoms with van der Waals surface area (Å²) >= 11 is 0. The Labute approximate surface area is 382 Å². The lowest BCUT2D eigenvalue weighted by atomic mass is 9.84. The third kappa shape index (κ3) is 5.94. The summed E-state index contributed by atoms with van der Waals surface area (Å²) in [4.78, 5) is 14.0. The van der Waals surface area contributed by atoms with Gasteiger partial charge < -0.3 is 0 Å². The number of aromatic nitrogens is 3. The minimum Gasteiger partial charge on any atom is -0.264 e. The zero-order valence-electron chi connectivity index (χ0n) is 35.9. The number of pyridine rings is 3. The molecule has 13 rings (SSSR count). The predicted octanol–water partition coefficient (Wildman–Crippen LogP) is 16.8. The van der Waals surface area contributed by atoms with Gasteiger partial charge in [0.25, 0.3) is 0 Å². The predicted molar refractivity (Wildman–Crippen MR) is 277 cm³/mol. The summed E-state index contributed by atoms with van der Waals surface area (Å²) in [7, 11) is 0. The van der Waals surface area contributed by atoms with E-state index in [0.29, 0.717) is 0 Å². The van der Waals surface area contributed by atoms with Crippen LogP contribution in [0.1, 0.15) is 0 Å².